The molecular weight excluding hydrogens is 326 g/mol. The Labute approximate surface area is 126 Å². The van der Waals surface area contributed by atoms with Crippen LogP contribution < -0.4 is 4.74 Å². The molecule has 1 aromatic rings. The number of amides is 1. The van der Waals surface area contributed by atoms with Gasteiger partial charge in [0.2, 0.25) is 0 Å². The van der Waals surface area contributed by atoms with E-state index in [-0.39, 0.29) is 18.6 Å². The average Bonchev–Trinajstić information content (AvgIpc) is 2.34. The van der Waals surface area contributed by atoms with Crippen LogP contribution in [0.5, 0.6) is 5.75 Å². The maximum atomic E-state index is 12.4. The van der Waals surface area contributed by atoms with Crippen LogP contribution in [0.2, 0.25) is 0 Å². The third kappa shape index (κ3) is 4.52. The zero-order valence-electron chi connectivity index (χ0n) is 11.7. The molecule has 6 heteroatoms. The molecule has 0 atom stereocenters. The van der Waals surface area contributed by atoms with Gasteiger partial charge in [-0.2, -0.15) is 0 Å². The number of likely N-dealkylation sites (N-methyl/N-ethyl adjacent to an activating group) is 1. The molecule has 0 saturated heterocycles. The summed E-state index contributed by atoms with van der Waals surface area (Å²) in [6.45, 7) is 5.46. The van der Waals surface area contributed by atoms with Crippen molar-refractivity contribution in [3.05, 3.63) is 28.2 Å². The van der Waals surface area contributed by atoms with Crippen molar-refractivity contribution in [2.45, 2.75) is 26.9 Å². The van der Waals surface area contributed by atoms with E-state index in [1.165, 1.54) is 4.90 Å². The molecule has 0 unspecified atom stereocenters. The van der Waals surface area contributed by atoms with Crippen molar-refractivity contribution in [3.63, 3.8) is 0 Å². The number of hydrogen-bond donors (Lipinski definition) is 1. The fraction of sp³-hybridized carbons (Fsp3) is 0.429. The third-order valence-electron chi connectivity index (χ3n) is 2.53. The maximum Gasteiger partial charge on any atom is 0.323 e. The van der Waals surface area contributed by atoms with Gasteiger partial charge in [-0.15, -0.1) is 0 Å². The van der Waals surface area contributed by atoms with Crippen LogP contribution in [0, 0.1) is 0 Å². The van der Waals surface area contributed by atoms with E-state index in [9.17, 15) is 9.59 Å². The molecule has 110 valence electrons. The van der Waals surface area contributed by atoms with E-state index in [1.807, 2.05) is 13.8 Å². The van der Waals surface area contributed by atoms with Crippen LogP contribution in [0.25, 0.3) is 0 Å². The van der Waals surface area contributed by atoms with Crippen LogP contribution >= 0.6 is 15.9 Å². The van der Waals surface area contributed by atoms with Crippen molar-refractivity contribution in [3.8, 4) is 5.75 Å². The number of nitrogens with zero attached hydrogens (tertiary/aromatic N) is 1. The topological polar surface area (TPSA) is 66.8 Å². The van der Waals surface area contributed by atoms with Crippen LogP contribution in [-0.2, 0) is 4.79 Å². The van der Waals surface area contributed by atoms with Gasteiger partial charge in [-0.1, -0.05) is 15.9 Å². The standard InChI is InChI=1S/C14H18BrNO4/c1-4-16(8-13(17)18)14(19)11-6-5-10(15)7-12(11)20-9(2)3/h5-7,9H,4,8H2,1-3H3,(H,17,18). The molecule has 0 aliphatic rings. The lowest BCUT2D eigenvalue weighted by atomic mass is 10.1. The molecule has 1 rings (SSSR count). The van der Waals surface area contributed by atoms with E-state index >= 15 is 0 Å². The Hall–Kier alpha value is -1.56. The van der Waals surface area contributed by atoms with E-state index in [0.29, 0.717) is 17.9 Å². The van der Waals surface area contributed by atoms with Crippen molar-refractivity contribution in [2.24, 2.45) is 0 Å². The molecule has 20 heavy (non-hydrogen) atoms. The highest BCUT2D eigenvalue weighted by Crippen LogP contribution is 2.26. The number of halogens is 1. The molecule has 0 fully saturated rings. The number of aliphatic carboxylic acids is 1. The normalized spacial score (nSPS) is 10.4. The van der Waals surface area contributed by atoms with Crippen molar-refractivity contribution in [1.82, 2.24) is 4.90 Å². The Balaban J connectivity index is 3.10. The van der Waals surface area contributed by atoms with Crippen molar-refractivity contribution in [1.29, 1.82) is 0 Å². The van der Waals surface area contributed by atoms with Gasteiger partial charge in [0.15, 0.2) is 0 Å². The lowest BCUT2D eigenvalue weighted by Gasteiger charge is -2.21. The molecule has 1 aromatic carbocycles. The minimum atomic E-state index is -1.04. The van der Waals surface area contributed by atoms with Gasteiger partial charge in [0.05, 0.1) is 11.7 Å². The SMILES string of the molecule is CCN(CC(=O)O)C(=O)c1ccc(Br)cc1OC(C)C. The van der Waals surface area contributed by atoms with Crippen molar-refractivity contribution in [2.75, 3.05) is 13.1 Å². The van der Waals surface area contributed by atoms with Crippen LogP contribution in [0.3, 0.4) is 0 Å². The Bertz CT molecular complexity index is 502. The largest absolute Gasteiger partial charge is 0.490 e. The van der Waals surface area contributed by atoms with Gasteiger partial charge in [-0.25, -0.2) is 0 Å². The lowest BCUT2D eigenvalue weighted by molar-refractivity contribution is -0.137. The van der Waals surface area contributed by atoms with Gasteiger partial charge in [0.25, 0.3) is 5.91 Å². The summed E-state index contributed by atoms with van der Waals surface area (Å²) in [4.78, 5) is 24.4. The number of carboxylic acid groups (broad SMARTS) is 1. The zero-order valence-corrected chi connectivity index (χ0v) is 13.3. The molecule has 0 heterocycles. The Morgan fingerprint density at radius 1 is 1.40 bits per heavy atom. The van der Waals surface area contributed by atoms with E-state index in [2.05, 4.69) is 15.9 Å². The van der Waals surface area contributed by atoms with E-state index in [0.717, 1.165) is 4.47 Å². The Morgan fingerprint density at radius 2 is 2.05 bits per heavy atom. The highest BCUT2D eigenvalue weighted by molar-refractivity contribution is 9.10. The summed E-state index contributed by atoms with van der Waals surface area (Å²) in [5.74, 6) is -0.940. The molecule has 0 aliphatic carbocycles. The minimum Gasteiger partial charge on any atom is -0.490 e. The molecule has 0 saturated carbocycles. The predicted molar refractivity (Wildman–Crippen MR) is 79.1 cm³/mol. The van der Waals surface area contributed by atoms with Gasteiger partial charge < -0.3 is 14.7 Å². The number of rotatable bonds is 6. The van der Waals surface area contributed by atoms with E-state index in [1.54, 1.807) is 25.1 Å². The second-order valence-electron chi connectivity index (χ2n) is 4.52. The number of carbonyl (C=O) groups excluding carboxylic acids is 1. The molecule has 1 amide bonds. The van der Waals surface area contributed by atoms with Crippen molar-refractivity contribution >= 4 is 27.8 Å². The smallest absolute Gasteiger partial charge is 0.323 e. The van der Waals surface area contributed by atoms with Gasteiger partial charge in [-0.3, -0.25) is 9.59 Å². The quantitative estimate of drug-likeness (QED) is 0.862. The van der Waals surface area contributed by atoms with Crippen LogP contribution in [0.4, 0.5) is 0 Å². The summed E-state index contributed by atoms with van der Waals surface area (Å²) in [5, 5.41) is 8.84. The Morgan fingerprint density at radius 3 is 2.55 bits per heavy atom. The first kappa shape index (κ1) is 16.5. The monoisotopic (exact) mass is 343 g/mol. The van der Waals surface area contributed by atoms with Crippen LogP contribution in [0.1, 0.15) is 31.1 Å². The van der Waals surface area contributed by atoms with Crippen LogP contribution in [-0.4, -0.2) is 41.1 Å². The van der Waals surface area contributed by atoms with E-state index in [4.69, 9.17) is 9.84 Å². The number of hydrogen-bond acceptors (Lipinski definition) is 3. The zero-order chi connectivity index (χ0) is 15.3. The maximum absolute atomic E-state index is 12.4. The first-order chi connectivity index (χ1) is 9.35. The number of benzene rings is 1. The molecule has 1 N–H and O–H groups in total. The number of carbonyl (C=O) groups is 2. The summed E-state index contributed by atoms with van der Waals surface area (Å²) < 4.78 is 6.42. The van der Waals surface area contributed by atoms with Crippen LogP contribution in [0.15, 0.2) is 22.7 Å². The van der Waals surface area contributed by atoms with E-state index < -0.39 is 5.97 Å². The van der Waals surface area contributed by atoms with Crippen molar-refractivity contribution < 1.29 is 19.4 Å². The van der Waals surface area contributed by atoms with Gasteiger partial charge in [-0.05, 0) is 39.0 Å². The highest BCUT2D eigenvalue weighted by atomic mass is 79.9. The summed E-state index contributed by atoms with van der Waals surface area (Å²) in [6, 6.07) is 5.07. The third-order valence-corrected chi connectivity index (χ3v) is 3.03. The first-order valence-corrected chi connectivity index (χ1v) is 7.11. The predicted octanol–water partition coefficient (Wildman–Crippen LogP) is 2.78. The summed E-state index contributed by atoms with van der Waals surface area (Å²) in [7, 11) is 0. The first-order valence-electron chi connectivity index (χ1n) is 6.32. The summed E-state index contributed by atoms with van der Waals surface area (Å²) in [5.41, 5.74) is 0.366. The summed E-state index contributed by atoms with van der Waals surface area (Å²) >= 11 is 3.33. The molecule has 0 aromatic heterocycles. The van der Waals surface area contributed by atoms with Gasteiger partial charge >= 0.3 is 5.97 Å². The second kappa shape index (κ2) is 7.28. The molecule has 5 nitrogen and oxygen atoms in total. The second-order valence-corrected chi connectivity index (χ2v) is 5.44. The fourth-order valence-corrected chi connectivity index (χ4v) is 2.03. The van der Waals surface area contributed by atoms with Gasteiger partial charge in [0.1, 0.15) is 12.3 Å². The Kier molecular flexibility index (Phi) is 6.01. The number of ether oxygens (including phenoxy) is 1. The molecular formula is C14H18BrNO4. The average molecular weight is 344 g/mol. The minimum absolute atomic E-state index is 0.0783. The molecule has 0 spiro atoms. The highest BCUT2D eigenvalue weighted by Gasteiger charge is 2.21. The molecule has 0 bridgehead atoms. The summed E-state index contributed by atoms with van der Waals surface area (Å²) in [6.07, 6.45) is -0.0783. The molecule has 0 aliphatic heterocycles. The molecule has 0 radical (unpaired) electrons. The fourth-order valence-electron chi connectivity index (χ4n) is 1.69. The number of carboxylic acids is 1. The lowest BCUT2D eigenvalue weighted by Crippen LogP contribution is -2.35. The van der Waals surface area contributed by atoms with Gasteiger partial charge in [0, 0.05) is 11.0 Å².